The number of amides is 4. The summed E-state index contributed by atoms with van der Waals surface area (Å²) in [5.74, 6) is -0.566. The van der Waals surface area contributed by atoms with Crippen LogP contribution in [0.15, 0.2) is 146 Å². The molecule has 5 heterocycles. The van der Waals surface area contributed by atoms with Crippen molar-refractivity contribution in [3.05, 3.63) is 168 Å². The van der Waals surface area contributed by atoms with Crippen LogP contribution in [-0.4, -0.2) is 142 Å². The minimum Gasteiger partial charge on any atom is -0.348 e. The number of aromatic nitrogens is 4. The van der Waals surface area contributed by atoms with Crippen LogP contribution in [0.5, 0.6) is 0 Å². The van der Waals surface area contributed by atoms with Crippen LogP contribution >= 0.6 is 0 Å². The number of pyridine rings is 4. The van der Waals surface area contributed by atoms with Crippen LogP contribution in [0, 0.1) is 0 Å². The van der Waals surface area contributed by atoms with Crippen molar-refractivity contribution in [2.45, 2.75) is 51.9 Å². The lowest BCUT2D eigenvalue weighted by Crippen LogP contribution is -2.51. The Bertz CT molecular complexity index is 2840. The highest BCUT2D eigenvalue weighted by Crippen LogP contribution is 2.26. The molecule has 0 bridgehead atoms. The molecule has 1 aliphatic rings. The first kappa shape index (κ1) is 53.1. The largest absolute Gasteiger partial charge is 0.348 e. The van der Waals surface area contributed by atoms with Crippen LogP contribution < -0.4 is 21.3 Å². The Kier molecular flexibility index (Phi) is 17.6. The first-order valence-corrected chi connectivity index (χ1v) is 26.4. The highest BCUT2D eigenvalue weighted by molar-refractivity contribution is 5.87. The summed E-state index contributed by atoms with van der Waals surface area (Å²) in [4.78, 5) is 83.0. The molecule has 16 heteroatoms. The normalized spacial score (nSPS) is 16.3. The molecular formula is C60H68N12O4. The van der Waals surface area contributed by atoms with Gasteiger partial charge in [0, 0.05) is 98.7 Å². The minimum atomic E-state index is -0.289. The number of nitrogens with zero attached hydrogens (tertiary/aromatic N) is 8. The zero-order valence-electron chi connectivity index (χ0n) is 43.9. The first-order chi connectivity index (χ1) is 36.9. The molecule has 0 saturated carbocycles. The summed E-state index contributed by atoms with van der Waals surface area (Å²) < 4.78 is 0. The molecular weight excluding hydrogens is 953 g/mol. The molecule has 392 valence electrons. The molecule has 4 aromatic carbocycles. The van der Waals surface area contributed by atoms with Crippen LogP contribution in [0.25, 0.3) is 43.6 Å². The predicted octanol–water partition coefficient (Wildman–Crippen LogP) is 6.91. The van der Waals surface area contributed by atoms with Gasteiger partial charge in [-0.05, 0) is 98.5 Å². The topological polar surface area (TPSA) is 181 Å². The van der Waals surface area contributed by atoms with Gasteiger partial charge in [-0.2, -0.15) is 0 Å². The Hall–Kier alpha value is -7.76. The fourth-order valence-corrected chi connectivity index (χ4v) is 10.5. The van der Waals surface area contributed by atoms with Crippen LogP contribution in [-0.2, 0) is 19.2 Å². The predicted molar refractivity (Wildman–Crippen MR) is 299 cm³/mol. The maximum absolute atomic E-state index is 14.1. The van der Waals surface area contributed by atoms with Gasteiger partial charge in [-0.1, -0.05) is 72.8 Å². The van der Waals surface area contributed by atoms with E-state index in [1.54, 1.807) is 24.8 Å². The Morgan fingerprint density at radius 1 is 0.342 bits per heavy atom. The number of carbonyl (C=O) groups is 4. The second-order valence-corrected chi connectivity index (χ2v) is 19.9. The monoisotopic (exact) mass is 1020 g/mol. The summed E-state index contributed by atoms with van der Waals surface area (Å²) in [6.07, 6.45) is 7.07. The average molecular weight is 1020 g/mol. The lowest BCUT2D eigenvalue weighted by molar-refractivity contribution is -0.125. The maximum Gasteiger partial charge on any atom is 0.234 e. The number of carbonyl (C=O) groups excluding carboxylic acids is 4. The Morgan fingerprint density at radius 2 is 0.539 bits per heavy atom. The van der Waals surface area contributed by atoms with Gasteiger partial charge >= 0.3 is 0 Å². The third-order valence-corrected chi connectivity index (χ3v) is 14.5. The summed E-state index contributed by atoms with van der Waals surface area (Å²) in [6.45, 7) is 12.0. The van der Waals surface area contributed by atoms with Crippen LogP contribution in [0.2, 0.25) is 0 Å². The van der Waals surface area contributed by atoms with E-state index >= 15 is 0 Å². The smallest absolute Gasteiger partial charge is 0.234 e. The number of para-hydroxylation sites is 4. The van der Waals surface area contributed by atoms with E-state index in [0.29, 0.717) is 52.4 Å². The lowest BCUT2D eigenvalue weighted by atomic mass is 10.0. The number of rotatable bonds is 16. The molecule has 8 aromatic rings. The Balaban J connectivity index is 0.944. The summed E-state index contributed by atoms with van der Waals surface area (Å²) in [5, 5.41) is 16.9. The van der Waals surface area contributed by atoms with Gasteiger partial charge in [0.2, 0.25) is 23.6 Å². The summed E-state index contributed by atoms with van der Waals surface area (Å²) in [5.41, 5.74) is 7.34. The van der Waals surface area contributed by atoms with Crippen molar-refractivity contribution in [2.24, 2.45) is 0 Å². The molecule has 0 spiro atoms. The van der Waals surface area contributed by atoms with E-state index in [1.165, 1.54) is 0 Å². The van der Waals surface area contributed by atoms with Crippen LogP contribution in [0.1, 0.15) is 74.1 Å². The zero-order chi connectivity index (χ0) is 53.0. The first-order valence-electron chi connectivity index (χ1n) is 26.4. The van der Waals surface area contributed by atoms with Gasteiger partial charge in [-0.15, -0.1) is 0 Å². The van der Waals surface area contributed by atoms with Gasteiger partial charge in [0.1, 0.15) is 0 Å². The van der Waals surface area contributed by atoms with Crippen molar-refractivity contribution < 1.29 is 19.2 Å². The molecule has 76 heavy (non-hydrogen) atoms. The van der Waals surface area contributed by atoms with Crippen molar-refractivity contribution in [1.82, 2.24) is 60.8 Å². The number of nitrogens with one attached hydrogen (secondary N) is 4. The third-order valence-electron chi connectivity index (χ3n) is 14.5. The maximum atomic E-state index is 14.1. The van der Waals surface area contributed by atoms with Gasteiger partial charge in [0.25, 0.3) is 0 Å². The molecule has 1 saturated heterocycles. The quantitative estimate of drug-likeness (QED) is 0.0787. The van der Waals surface area contributed by atoms with Crippen molar-refractivity contribution in [3.63, 3.8) is 0 Å². The average Bonchev–Trinajstić information content (AvgIpc) is 3.43. The van der Waals surface area contributed by atoms with Crippen molar-refractivity contribution in [1.29, 1.82) is 0 Å². The number of benzene rings is 4. The van der Waals surface area contributed by atoms with E-state index in [4.69, 9.17) is 0 Å². The molecule has 4 amide bonds. The molecule has 4 atom stereocenters. The summed E-state index contributed by atoms with van der Waals surface area (Å²) >= 11 is 0. The SMILES string of the molecule is C[C@H](NC(=O)CN1CCN(CC(=O)N[C@@H](C)c2ccnc3ccccc23)CCN(CC(=O)N[C@@H](C)c2ccnc3ccccc23)CCN(CC(=O)N[C@@H](C)c2ccnc3ccccc23)CC1)c1ccnc2ccccc12. The highest BCUT2D eigenvalue weighted by atomic mass is 16.2. The van der Waals surface area contributed by atoms with E-state index in [2.05, 4.69) is 60.8 Å². The number of hydrogen-bond donors (Lipinski definition) is 4. The van der Waals surface area contributed by atoms with Crippen molar-refractivity contribution in [3.8, 4) is 0 Å². The van der Waals surface area contributed by atoms with Gasteiger partial charge in [0.05, 0.1) is 72.4 Å². The standard InChI is InChI=1S/C60H68N12O4/c1-41(45-21-25-61-53-17-9-5-13-49(45)53)65-57(73)37-69-29-31-70(38-58(74)66-42(2)46-22-26-62-54-18-10-6-14-50(46)54)33-35-72(40-60(76)68-44(4)48-24-28-64-56-20-12-8-16-52(48)56)36-34-71(32-30-69)39-59(75)67-43(3)47-23-27-63-55-19-11-7-15-51(47)55/h5-28,41-44H,29-40H2,1-4H3,(H,65,73)(H,66,74)(H,67,75)(H,68,76)/t41-,42-,43-,44-/m0/s1. The zero-order valence-corrected chi connectivity index (χ0v) is 43.9. The minimum absolute atomic E-state index is 0.100. The van der Waals surface area contributed by atoms with E-state index in [-0.39, 0.29) is 74.0 Å². The fraction of sp³-hybridized carbons (Fsp3) is 0.333. The molecule has 1 fully saturated rings. The molecule has 4 aromatic heterocycles. The number of fused-ring (bicyclic) bond motifs is 4. The van der Waals surface area contributed by atoms with Crippen molar-refractivity contribution in [2.75, 3.05) is 78.5 Å². The second kappa shape index (κ2) is 25.2. The Labute approximate surface area is 444 Å². The van der Waals surface area contributed by atoms with E-state index in [9.17, 15) is 19.2 Å². The molecule has 0 unspecified atom stereocenters. The van der Waals surface area contributed by atoms with Gasteiger partial charge in [-0.3, -0.25) is 58.7 Å². The van der Waals surface area contributed by atoms with Crippen LogP contribution in [0.4, 0.5) is 0 Å². The van der Waals surface area contributed by atoms with E-state index in [0.717, 1.165) is 65.9 Å². The van der Waals surface area contributed by atoms with E-state index < -0.39 is 0 Å². The van der Waals surface area contributed by atoms with Gasteiger partial charge < -0.3 is 21.3 Å². The second-order valence-electron chi connectivity index (χ2n) is 19.9. The van der Waals surface area contributed by atoms with Gasteiger partial charge in [0.15, 0.2) is 0 Å². The highest BCUT2D eigenvalue weighted by Gasteiger charge is 2.25. The molecule has 0 aliphatic carbocycles. The molecule has 0 radical (unpaired) electrons. The van der Waals surface area contributed by atoms with Crippen LogP contribution in [0.3, 0.4) is 0 Å². The summed E-state index contributed by atoms with van der Waals surface area (Å²) in [6, 6.07) is 38.3. The molecule has 4 N–H and O–H groups in total. The van der Waals surface area contributed by atoms with Crippen molar-refractivity contribution >= 4 is 67.2 Å². The lowest BCUT2D eigenvalue weighted by Gasteiger charge is -2.34. The molecule has 16 nitrogen and oxygen atoms in total. The molecule has 9 rings (SSSR count). The fourth-order valence-electron chi connectivity index (χ4n) is 10.5. The number of hydrogen-bond acceptors (Lipinski definition) is 12. The van der Waals surface area contributed by atoms with E-state index in [1.807, 2.05) is 149 Å². The Morgan fingerprint density at radius 3 is 0.750 bits per heavy atom. The molecule has 1 aliphatic heterocycles. The van der Waals surface area contributed by atoms with Gasteiger partial charge in [-0.25, -0.2) is 0 Å². The third kappa shape index (κ3) is 13.6. The summed E-state index contributed by atoms with van der Waals surface area (Å²) in [7, 11) is 0.